The van der Waals surface area contributed by atoms with Crippen molar-refractivity contribution >= 4 is 15.7 Å². The summed E-state index contributed by atoms with van der Waals surface area (Å²) in [5.41, 5.74) is 2.18. The molecule has 0 aromatic heterocycles. The van der Waals surface area contributed by atoms with Crippen molar-refractivity contribution in [3.05, 3.63) is 59.7 Å². The molecule has 2 aromatic carbocycles. The minimum atomic E-state index is -3.24. The quantitative estimate of drug-likeness (QED) is 0.871. The van der Waals surface area contributed by atoms with Crippen molar-refractivity contribution in [3.8, 4) is 5.75 Å². The van der Waals surface area contributed by atoms with Gasteiger partial charge in [-0.25, -0.2) is 8.42 Å². The molecule has 0 aliphatic carbocycles. The van der Waals surface area contributed by atoms with E-state index in [1.807, 2.05) is 31.2 Å². The molecule has 1 N–H and O–H groups in total. The number of sulfone groups is 1. The fourth-order valence-electron chi connectivity index (χ4n) is 2.06. The van der Waals surface area contributed by atoms with Gasteiger partial charge >= 0.3 is 0 Å². The lowest BCUT2D eigenvalue weighted by molar-refractivity contribution is -0.127. The number of carbonyl (C=O) groups excluding carboxylic acids is 1. The molecule has 6 heteroatoms. The summed E-state index contributed by atoms with van der Waals surface area (Å²) in [7, 11) is -3.24. The fourth-order valence-corrected chi connectivity index (χ4v) is 2.69. The maximum absolute atomic E-state index is 12.1. The molecule has 128 valence electrons. The van der Waals surface area contributed by atoms with Gasteiger partial charge in [-0.3, -0.25) is 4.79 Å². The predicted octanol–water partition coefficient (Wildman–Crippen LogP) is 2.48. The molecule has 0 spiro atoms. The SMILES string of the molecule is Cc1ccc(CNC(=O)C(C)Oc2ccc(S(C)(=O)=O)cc2)cc1. The van der Waals surface area contributed by atoms with Crippen molar-refractivity contribution < 1.29 is 17.9 Å². The monoisotopic (exact) mass is 347 g/mol. The van der Waals surface area contributed by atoms with Crippen molar-refractivity contribution in [2.24, 2.45) is 0 Å². The molecule has 1 atom stereocenters. The number of carbonyl (C=O) groups is 1. The Morgan fingerprint density at radius 1 is 1.08 bits per heavy atom. The fraction of sp³-hybridized carbons (Fsp3) is 0.278. The molecule has 0 fully saturated rings. The number of benzene rings is 2. The third-order valence-corrected chi connectivity index (χ3v) is 4.65. The van der Waals surface area contributed by atoms with E-state index in [1.165, 1.54) is 17.7 Å². The van der Waals surface area contributed by atoms with Gasteiger partial charge in [0.25, 0.3) is 5.91 Å². The van der Waals surface area contributed by atoms with E-state index in [4.69, 9.17) is 4.74 Å². The number of rotatable bonds is 6. The van der Waals surface area contributed by atoms with Crippen molar-refractivity contribution in [2.75, 3.05) is 6.26 Å². The van der Waals surface area contributed by atoms with E-state index >= 15 is 0 Å². The number of hydrogen-bond donors (Lipinski definition) is 1. The Kier molecular flexibility index (Phi) is 5.62. The summed E-state index contributed by atoms with van der Waals surface area (Å²) in [6.45, 7) is 4.09. The maximum Gasteiger partial charge on any atom is 0.261 e. The Labute approximate surface area is 142 Å². The predicted molar refractivity (Wildman–Crippen MR) is 92.7 cm³/mol. The van der Waals surface area contributed by atoms with Crippen molar-refractivity contribution in [3.63, 3.8) is 0 Å². The topological polar surface area (TPSA) is 72.5 Å². The number of nitrogens with one attached hydrogen (secondary N) is 1. The van der Waals surface area contributed by atoms with Gasteiger partial charge in [0.1, 0.15) is 5.75 Å². The molecule has 1 unspecified atom stereocenters. The average Bonchev–Trinajstić information content (AvgIpc) is 2.53. The van der Waals surface area contributed by atoms with Crippen LogP contribution in [0.5, 0.6) is 5.75 Å². The van der Waals surface area contributed by atoms with Gasteiger partial charge in [0, 0.05) is 12.8 Å². The standard InChI is InChI=1S/C18H21NO4S/c1-13-4-6-15(7-5-13)12-19-18(20)14(2)23-16-8-10-17(11-9-16)24(3,21)22/h4-11,14H,12H2,1-3H3,(H,19,20). The second-order valence-electron chi connectivity index (χ2n) is 5.71. The minimum Gasteiger partial charge on any atom is -0.481 e. The number of amides is 1. The molecule has 24 heavy (non-hydrogen) atoms. The first-order valence-corrected chi connectivity index (χ1v) is 9.45. The normalized spacial score (nSPS) is 12.5. The molecule has 0 aliphatic rings. The zero-order valence-corrected chi connectivity index (χ0v) is 14.8. The van der Waals surface area contributed by atoms with Crippen LogP contribution in [-0.2, 0) is 21.2 Å². The van der Waals surface area contributed by atoms with Gasteiger partial charge in [-0.15, -0.1) is 0 Å². The highest BCUT2D eigenvalue weighted by atomic mass is 32.2. The summed E-state index contributed by atoms with van der Waals surface area (Å²) in [6.07, 6.45) is 0.462. The molecule has 2 aromatic rings. The first-order valence-electron chi connectivity index (χ1n) is 7.56. The summed E-state index contributed by atoms with van der Waals surface area (Å²) < 4.78 is 28.4. The minimum absolute atomic E-state index is 0.214. The van der Waals surface area contributed by atoms with E-state index < -0.39 is 15.9 Å². The van der Waals surface area contributed by atoms with Gasteiger partial charge in [-0.2, -0.15) is 0 Å². The van der Waals surface area contributed by atoms with Crippen LogP contribution in [0.2, 0.25) is 0 Å². The molecule has 1 amide bonds. The molecule has 5 nitrogen and oxygen atoms in total. The van der Waals surface area contributed by atoms with Crippen molar-refractivity contribution in [1.82, 2.24) is 5.32 Å². The molecule has 2 rings (SSSR count). The van der Waals surface area contributed by atoms with Gasteiger partial charge in [0.05, 0.1) is 4.90 Å². The van der Waals surface area contributed by atoms with E-state index in [2.05, 4.69) is 5.32 Å². The Morgan fingerprint density at radius 2 is 1.67 bits per heavy atom. The lowest BCUT2D eigenvalue weighted by atomic mass is 10.1. The highest BCUT2D eigenvalue weighted by Gasteiger charge is 2.15. The highest BCUT2D eigenvalue weighted by Crippen LogP contribution is 2.17. The van der Waals surface area contributed by atoms with Crippen LogP contribution in [0.1, 0.15) is 18.1 Å². The zero-order valence-electron chi connectivity index (χ0n) is 13.9. The third-order valence-electron chi connectivity index (χ3n) is 3.52. The molecular weight excluding hydrogens is 326 g/mol. The molecule has 0 bridgehead atoms. The van der Waals surface area contributed by atoms with Crippen LogP contribution in [0.4, 0.5) is 0 Å². The molecular formula is C18H21NO4S. The first kappa shape index (κ1) is 18.0. The smallest absolute Gasteiger partial charge is 0.261 e. The zero-order chi connectivity index (χ0) is 17.7. The van der Waals surface area contributed by atoms with E-state index in [9.17, 15) is 13.2 Å². The number of hydrogen-bond acceptors (Lipinski definition) is 4. The van der Waals surface area contributed by atoms with Crippen LogP contribution in [-0.4, -0.2) is 26.7 Å². The summed E-state index contributed by atoms with van der Waals surface area (Å²) >= 11 is 0. The van der Waals surface area contributed by atoms with Gasteiger partial charge in [0.15, 0.2) is 15.9 Å². The summed E-state index contributed by atoms with van der Waals surface area (Å²) in [5, 5.41) is 2.81. The van der Waals surface area contributed by atoms with Crippen LogP contribution in [0, 0.1) is 6.92 Å². The molecule has 0 saturated carbocycles. The van der Waals surface area contributed by atoms with Gasteiger partial charge in [-0.05, 0) is 43.7 Å². The second-order valence-corrected chi connectivity index (χ2v) is 7.72. The third kappa shape index (κ3) is 5.09. The van der Waals surface area contributed by atoms with Crippen molar-refractivity contribution in [1.29, 1.82) is 0 Å². The van der Waals surface area contributed by atoms with Crippen LogP contribution >= 0.6 is 0 Å². The largest absolute Gasteiger partial charge is 0.481 e. The highest BCUT2D eigenvalue weighted by molar-refractivity contribution is 7.90. The number of ether oxygens (including phenoxy) is 1. The Balaban J connectivity index is 1.90. The Hall–Kier alpha value is -2.34. The van der Waals surface area contributed by atoms with Gasteiger partial charge in [-0.1, -0.05) is 29.8 Å². The molecule has 0 aliphatic heterocycles. The van der Waals surface area contributed by atoms with Gasteiger partial charge < -0.3 is 10.1 Å². The van der Waals surface area contributed by atoms with Crippen LogP contribution in [0.25, 0.3) is 0 Å². The lowest BCUT2D eigenvalue weighted by Gasteiger charge is -2.15. The van der Waals surface area contributed by atoms with E-state index in [0.717, 1.165) is 11.8 Å². The summed E-state index contributed by atoms with van der Waals surface area (Å²) in [6, 6.07) is 13.9. The summed E-state index contributed by atoms with van der Waals surface area (Å²) in [5.74, 6) is 0.211. The number of aryl methyl sites for hydroxylation is 1. The molecule has 0 heterocycles. The van der Waals surface area contributed by atoms with Crippen LogP contribution in [0.15, 0.2) is 53.4 Å². The van der Waals surface area contributed by atoms with Crippen molar-refractivity contribution in [2.45, 2.75) is 31.4 Å². The van der Waals surface area contributed by atoms with E-state index in [0.29, 0.717) is 12.3 Å². The average molecular weight is 347 g/mol. The first-order chi connectivity index (χ1) is 11.3. The van der Waals surface area contributed by atoms with Gasteiger partial charge in [0.2, 0.25) is 0 Å². The van der Waals surface area contributed by atoms with E-state index in [1.54, 1.807) is 19.1 Å². The van der Waals surface area contributed by atoms with Crippen LogP contribution < -0.4 is 10.1 Å². The maximum atomic E-state index is 12.1. The Bertz CT molecular complexity index is 796. The second kappa shape index (κ2) is 7.49. The summed E-state index contributed by atoms with van der Waals surface area (Å²) in [4.78, 5) is 12.3. The Morgan fingerprint density at radius 3 is 2.21 bits per heavy atom. The lowest BCUT2D eigenvalue weighted by Crippen LogP contribution is -2.35. The van der Waals surface area contributed by atoms with Crippen LogP contribution in [0.3, 0.4) is 0 Å². The van der Waals surface area contributed by atoms with E-state index in [-0.39, 0.29) is 10.8 Å². The molecule has 0 saturated heterocycles. The molecule has 0 radical (unpaired) electrons.